The molecule has 0 saturated heterocycles. The first-order valence-electron chi connectivity index (χ1n) is 6.21. The lowest BCUT2D eigenvalue weighted by Gasteiger charge is -1.99. The van der Waals surface area contributed by atoms with Crippen LogP contribution in [0.2, 0.25) is 5.02 Å². The summed E-state index contributed by atoms with van der Waals surface area (Å²) in [6, 6.07) is 9.18. The molecule has 1 heterocycles. The predicted molar refractivity (Wildman–Crippen MR) is 79.6 cm³/mol. The Kier molecular flexibility index (Phi) is 4.75. The maximum Gasteiger partial charge on any atom is 0.328 e. The maximum absolute atomic E-state index is 10.7. The van der Waals surface area contributed by atoms with Gasteiger partial charge in [-0.15, -0.1) is 0 Å². The molecule has 0 fully saturated rings. The second-order valence-electron chi connectivity index (χ2n) is 4.28. The van der Waals surface area contributed by atoms with Gasteiger partial charge in [0.15, 0.2) is 0 Å². The fraction of sp³-hybridized carbons (Fsp3) is 0.133. The van der Waals surface area contributed by atoms with E-state index in [1.165, 1.54) is 6.08 Å². The van der Waals surface area contributed by atoms with Crippen LogP contribution in [0.4, 0.5) is 0 Å². The lowest BCUT2D eigenvalue weighted by molar-refractivity contribution is -0.131. The van der Waals surface area contributed by atoms with Crippen molar-refractivity contribution in [3.05, 3.63) is 47.1 Å². The molecule has 1 N–H and O–H groups in total. The van der Waals surface area contributed by atoms with Gasteiger partial charge in [-0.05, 0) is 18.2 Å². The summed E-state index contributed by atoms with van der Waals surface area (Å²) >= 11 is 5.86. The zero-order chi connectivity index (χ0) is 15.2. The van der Waals surface area contributed by atoms with E-state index in [2.05, 4.69) is 11.2 Å². The summed E-state index contributed by atoms with van der Waals surface area (Å²) in [5.74, 6) is -1.03. The smallest absolute Gasteiger partial charge is 0.328 e. The average Bonchev–Trinajstić information content (AvgIpc) is 2.87. The molecule has 0 bridgehead atoms. The summed E-state index contributed by atoms with van der Waals surface area (Å²) in [6.45, 7) is 0.456. The number of aromatic nitrogens is 2. The van der Waals surface area contributed by atoms with E-state index in [9.17, 15) is 4.79 Å². The summed E-state index contributed by atoms with van der Waals surface area (Å²) in [7, 11) is 0. The molecule has 1 aromatic carbocycles. The highest BCUT2D eigenvalue weighted by Gasteiger charge is 2.09. The van der Waals surface area contributed by atoms with E-state index in [4.69, 9.17) is 22.0 Å². The Morgan fingerprint density at radius 2 is 2.14 bits per heavy atom. The molecule has 2 rings (SSSR count). The quantitative estimate of drug-likeness (QED) is 0.860. The fourth-order valence-corrected chi connectivity index (χ4v) is 1.96. The molecule has 0 aliphatic rings. The molecule has 0 aliphatic heterocycles. The highest BCUT2D eigenvalue weighted by molar-refractivity contribution is 6.30. The highest BCUT2D eigenvalue weighted by Crippen LogP contribution is 2.25. The molecule has 5 nitrogen and oxygen atoms in total. The van der Waals surface area contributed by atoms with Gasteiger partial charge in [0.2, 0.25) is 0 Å². The van der Waals surface area contributed by atoms with Crippen molar-refractivity contribution in [2.75, 3.05) is 0 Å². The Morgan fingerprint density at radius 1 is 1.43 bits per heavy atom. The van der Waals surface area contributed by atoms with E-state index in [-0.39, 0.29) is 0 Å². The standard InChI is InChI=1S/C15H12ClN3O2/c16-13-5-2-11(3-6-13)15-12(4-7-14(20)21)10-19(18-15)9-1-8-17/h2-7,10H,1,9H2,(H,20,21)/b7-4+. The van der Waals surface area contributed by atoms with Crippen molar-refractivity contribution < 1.29 is 9.90 Å². The molecule has 0 spiro atoms. The van der Waals surface area contributed by atoms with Gasteiger partial charge in [-0.3, -0.25) is 4.68 Å². The summed E-state index contributed by atoms with van der Waals surface area (Å²) in [5, 5.41) is 22.4. The third kappa shape index (κ3) is 3.94. The lowest BCUT2D eigenvalue weighted by atomic mass is 10.1. The first-order valence-corrected chi connectivity index (χ1v) is 6.59. The maximum atomic E-state index is 10.7. The van der Waals surface area contributed by atoms with Crippen LogP contribution in [0, 0.1) is 11.3 Å². The number of hydrogen-bond donors (Lipinski definition) is 1. The van der Waals surface area contributed by atoms with Crippen molar-refractivity contribution in [1.82, 2.24) is 9.78 Å². The molecule has 0 saturated carbocycles. The minimum absolute atomic E-state index is 0.337. The summed E-state index contributed by atoms with van der Waals surface area (Å²) in [5.41, 5.74) is 2.17. The average molecular weight is 302 g/mol. The van der Waals surface area contributed by atoms with E-state index in [0.717, 1.165) is 11.6 Å². The van der Waals surface area contributed by atoms with Crippen LogP contribution in [0.5, 0.6) is 0 Å². The number of carboxylic acid groups (broad SMARTS) is 1. The number of carbonyl (C=O) groups is 1. The molecule has 0 aliphatic carbocycles. The van der Waals surface area contributed by atoms with Gasteiger partial charge in [0, 0.05) is 28.4 Å². The lowest BCUT2D eigenvalue weighted by Crippen LogP contribution is -1.97. The summed E-state index contributed by atoms with van der Waals surface area (Å²) < 4.78 is 1.63. The number of aryl methyl sites for hydroxylation is 1. The fourth-order valence-electron chi connectivity index (χ4n) is 1.83. The second-order valence-corrected chi connectivity index (χ2v) is 4.72. The van der Waals surface area contributed by atoms with Gasteiger partial charge in [-0.25, -0.2) is 4.79 Å². The SMILES string of the molecule is N#CCCn1cc(/C=C/C(=O)O)c(-c2ccc(Cl)cc2)n1. The van der Waals surface area contributed by atoms with Crippen LogP contribution in [0.25, 0.3) is 17.3 Å². The number of nitrogens with zero attached hydrogens (tertiary/aromatic N) is 3. The second kappa shape index (κ2) is 6.73. The Hall–Kier alpha value is -2.58. The van der Waals surface area contributed by atoms with Crippen molar-refractivity contribution in [3.8, 4) is 17.3 Å². The highest BCUT2D eigenvalue weighted by atomic mass is 35.5. The van der Waals surface area contributed by atoms with Crippen LogP contribution in [-0.4, -0.2) is 20.9 Å². The molecule has 0 atom stereocenters. The van der Waals surface area contributed by atoms with Crippen LogP contribution in [0.15, 0.2) is 36.5 Å². The molecular weight excluding hydrogens is 290 g/mol. The molecule has 1 aromatic heterocycles. The Morgan fingerprint density at radius 3 is 2.76 bits per heavy atom. The zero-order valence-corrected chi connectivity index (χ0v) is 11.8. The minimum atomic E-state index is -1.03. The first-order chi connectivity index (χ1) is 10.1. The normalized spacial score (nSPS) is 10.7. The van der Waals surface area contributed by atoms with Crippen LogP contribution in [-0.2, 0) is 11.3 Å². The number of halogens is 1. The van der Waals surface area contributed by atoms with E-state index in [1.807, 2.05) is 12.1 Å². The first kappa shape index (κ1) is 14.8. The molecule has 21 heavy (non-hydrogen) atoms. The van der Waals surface area contributed by atoms with Crippen molar-refractivity contribution in [2.24, 2.45) is 0 Å². The number of hydrogen-bond acceptors (Lipinski definition) is 3. The molecule has 6 heteroatoms. The topological polar surface area (TPSA) is 78.9 Å². The molecule has 0 amide bonds. The Balaban J connectivity index is 2.41. The van der Waals surface area contributed by atoms with Gasteiger partial charge < -0.3 is 5.11 Å². The predicted octanol–water partition coefficient (Wildman–Crippen LogP) is 3.21. The van der Waals surface area contributed by atoms with Crippen LogP contribution in [0.3, 0.4) is 0 Å². The van der Waals surface area contributed by atoms with Gasteiger partial charge in [-0.1, -0.05) is 23.7 Å². The van der Waals surface area contributed by atoms with Crippen molar-refractivity contribution in [2.45, 2.75) is 13.0 Å². The number of aliphatic carboxylic acids is 1. The van der Waals surface area contributed by atoms with Crippen molar-refractivity contribution >= 4 is 23.6 Å². The third-order valence-corrected chi connectivity index (χ3v) is 3.02. The largest absolute Gasteiger partial charge is 0.478 e. The van der Waals surface area contributed by atoms with E-state index >= 15 is 0 Å². The van der Waals surface area contributed by atoms with Gasteiger partial charge >= 0.3 is 5.97 Å². The van der Waals surface area contributed by atoms with E-state index < -0.39 is 5.97 Å². The van der Waals surface area contributed by atoms with Crippen LogP contribution < -0.4 is 0 Å². The summed E-state index contributed by atoms with van der Waals surface area (Å²) in [4.78, 5) is 10.7. The zero-order valence-electron chi connectivity index (χ0n) is 11.0. The van der Waals surface area contributed by atoms with Gasteiger partial charge in [0.1, 0.15) is 0 Å². The van der Waals surface area contributed by atoms with Crippen LogP contribution in [0.1, 0.15) is 12.0 Å². The molecule has 0 radical (unpaired) electrons. The molecule has 0 unspecified atom stereocenters. The monoisotopic (exact) mass is 301 g/mol. The Labute approximate surface area is 126 Å². The van der Waals surface area contributed by atoms with Gasteiger partial charge in [0.05, 0.1) is 24.7 Å². The minimum Gasteiger partial charge on any atom is -0.478 e. The third-order valence-electron chi connectivity index (χ3n) is 2.77. The van der Waals surface area contributed by atoms with E-state index in [0.29, 0.717) is 29.2 Å². The molecule has 106 valence electrons. The number of rotatable bonds is 5. The van der Waals surface area contributed by atoms with Gasteiger partial charge in [-0.2, -0.15) is 10.4 Å². The van der Waals surface area contributed by atoms with Crippen LogP contribution >= 0.6 is 11.6 Å². The van der Waals surface area contributed by atoms with Gasteiger partial charge in [0.25, 0.3) is 0 Å². The van der Waals surface area contributed by atoms with E-state index in [1.54, 1.807) is 23.0 Å². The number of benzene rings is 1. The number of nitriles is 1. The molecular formula is C15H12ClN3O2. The number of carboxylic acids is 1. The molecule has 2 aromatic rings. The Bertz CT molecular complexity index is 712. The van der Waals surface area contributed by atoms with Crippen molar-refractivity contribution in [1.29, 1.82) is 5.26 Å². The van der Waals surface area contributed by atoms with Crippen molar-refractivity contribution in [3.63, 3.8) is 0 Å². The summed E-state index contributed by atoms with van der Waals surface area (Å²) in [6.07, 6.45) is 4.61.